The number of hydrogen-bond donors (Lipinski definition) is 0. The lowest BCUT2D eigenvalue weighted by molar-refractivity contribution is 0.959. The summed E-state index contributed by atoms with van der Waals surface area (Å²) in [6.45, 7) is 0. The Hall–Kier alpha value is -5.96. The molecule has 4 aromatic carbocycles. The molecule has 11 aromatic rings. The van der Waals surface area contributed by atoms with Crippen LogP contribution in [0.5, 0.6) is 0 Å². The zero-order chi connectivity index (χ0) is 31.3. The maximum Gasteiger partial charge on any atom is 0.144 e. The average Bonchev–Trinajstić information content (AvgIpc) is 3.98. The molecule has 8 heteroatoms. The van der Waals surface area contributed by atoms with Gasteiger partial charge in [0.1, 0.15) is 39.3 Å². The summed E-state index contributed by atoms with van der Waals surface area (Å²) in [5.41, 5.74) is 6.77. The molecule has 0 fully saturated rings. The number of thiophene rings is 2. The Morgan fingerprint density at radius 3 is 1.15 bits per heavy atom. The lowest BCUT2D eigenvalue weighted by Gasteiger charge is -2.13. The third-order valence-electron chi connectivity index (χ3n) is 9.50. The van der Waals surface area contributed by atoms with Gasteiger partial charge in [-0.3, -0.25) is 18.3 Å². The molecule has 0 N–H and O–H groups in total. The standard InChI is InChI=1S/C40H24N6S2/c1-5-15-29-25(11-1)37-27-13-3-7-17-31(27)45(35-19-9-21-47-35)39(37)43(29)33-23-34(42-24-41-33)44-30-16-6-2-12-26(30)38-28-14-4-8-18-32(28)46(40(38)44)36-20-10-22-48-36/h1-24H. The minimum Gasteiger partial charge on any atom is -0.286 e. The van der Waals surface area contributed by atoms with Gasteiger partial charge in [-0.05, 0) is 59.3 Å². The Labute approximate surface area is 281 Å². The van der Waals surface area contributed by atoms with E-state index in [9.17, 15) is 0 Å². The largest absolute Gasteiger partial charge is 0.286 e. The highest BCUT2D eigenvalue weighted by molar-refractivity contribution is 7.12. The second-order valence-electron chi connectivity index (χ2n) is 11.9. The van der Waals surface area contributed by atoms with Crippen molar-refractivity contribution in [2.75, 3.05) is 0 Å². The van der Waals surface area contributed by atoms with Crippen LogP contribution in [0.3, 0.4) is 0 Å². The highest BCUT2D eigenvalue weighted by Crippen LogP contribution is 2.43. The molecule has 0 radical (unpaired) electrons. The summed E-state index contributed by atoms with van der Waals surface area (Å²) in [7, 11) is 0. The summed E-state index contributed by atoms with van der Waals surface area (Å²) in [6, 6.07) is 45.5. The molecule has 0 amide bonds. The van der Waals surface area contributed by atoms with Gasteiger partial charge in [0.15, 0.2) is 0 Å². The van der Waals surface area contributed by atoms with E-state index in [4.69, 9.17) is 9.97 Å². The fourth-order valence-electron chi connectivity index (χ4n) is 7.68. The van der Waals surface area contributed by atoms with Crippen LogP contribution in [0.4, 0.5) is 0 Å². The molecule has 0 spiro atoms. The van der Waals surface area contributed by atoms with Gasteiger partial charge in [0.2, 0.25) is 0 Å². The smallest absolute Gasteiger partial charge is 0.144 e. The molecule has 0 saturated carbocycles. The Morgan fingerprint density at radius 2 is 0.771 bits per heavy atom. The SMILES string of the molecule is c1csc(-n2c3ccccc3c3c4ccccc4n(-c4cc(-n5c6ccccc6c6c7ccccc7n(-c7cccs7)c65)ncn4)c32)c1. The van der Waals surface area contributed by atoms with Gasteiger partial charge in [-0.15, -0.1) is 22.7 Å². The minimum absolute atomic E-state index is 0.816. The van der Waals surface area contributed by atoms with Crippen molar-refractivity contribution in [2.24, 2.45) is 0 Å². The van der Waals surface area contributed by atoms with Crippen molar-refractivity contribution in [1.82, 2.24) is 28.2 Å². The first-order valence-electron chi connectivity index (χ1n) is 15.8. The molecule has 0 aliphatic rings. The van der Waals surface area contributed by atoms with E-state index < -0.39 is 0 Å². The van der Waals surface area contributed by atoms with Gasteiger partial charge in [-0.2, -0.15) is 0 Å². The van der Waals surface area contributed by atoms with Gasteiger partial charge in [-0.1, -0.05) is 72.8 Å². The van der Waals surface area contributed by atoms with Crippen LogP contribution in [0, 0.1) is 0 Å². The van der Waals surface area contributed by atoms with Crippen LogP contribution in [0.1, 0.15) is 0 Å². The van der Waals surface area contributed by atoms with Crippen molar-refractivity contribution >= 4 is 88.4 Å². The second-order valence-corrected chi connectivity index (χ2v) is 13.8. The van der Waals surface area contributed by atoms with Crippen molar-refractivity contribution in [3.8, 4) is 21.6 Å². The van der Waals surface area contributed by atoms with E-state index in [-0.39, 0.29) is 0 Å². The van der Waals surface area contributed by atoms with Crippen LogP contribution >= 0.6 is 22.7 Å². The van der Waals surface area contributed by atoms with Gasteiger partial charge in [0, 0.05) is 38.4 Å². The number of aromatic nitrogens is 6. The number of hydrogen-bond acceptors (Lipinski definition) is 4. The van der Waals surface area contributed by atoms with Crippen molar-refractivity contribution in [3.05, 3.63) is 144 Å². The molecule has 0 aliphatic heterocycles. The maximum atomic E-state index is 4.98. The third kappa shape index (κ3) is 3.40. The van der Waals surface area contributed by atoms with Crippen LogP contribution in [0.25, 0.3) is 87.3 Å². The molecule has 0 atom stereocenters. The van der Waals surface area contributed by atoms with E-state index in [1.165, 1.54) is 43.4 Å². The van der Waals surface area contributed by atoms with Crippen molar-refractivity contribution in [3.63, 3.8) is 0 Å². The average molecular weight is 653 g/mol. The first-order chi connectivity index (χ1) is 23.9. The third-order valence-corrected chi connectivity index (χ3v) is 11.2. The van der Waals surface area contributed by atoms with E-state index in [0.29, 0.717) is 0 Å². The monoisotopic (exact) mass is 652 g/mol. The molecule has 48 heavy (non-hydrogen) atoms. The van der Waals surface area contributed by atoms with Gasteiger partial charge in [0.25, 0.3) is 0 Å². The molecular weight excluding hydrogens is 629 g/mol. The van der Waals surface area contributed by atoms with Crippen LogP contribution in [-0.4, -0.2) is 28.2 Å². The van der Waals surface area contributed by atoms with E-state index >= 15 is 0 Å². The number of para-hydroxylation sites is 4. The lowest BCUT2D eigenvalue weighted by Crippen LogP contribution is -2.07. The zero-order valence-electron chi connectivity index (χ0n) is 25.4. The Balaban J connectivity index is 1.28. The Morgan fingerprint density at radius 1 is 0.396 bits per heavy atom. The number of fused-ring (bicyclic) bond motifs is 10. The molecule has 7 heterocycles. The summed E-state index contributed by atoms with van der Waals surface area (Å²) in [5, 5.41) is 13.9. The zero-order valence-corrected chi connectivity index (χ0v) is 27.0. The fraction of sp³-hybridized carbons (Fsp3) is 0. The normalized spacial score (nSPS) is 12.2. The van der Waals surface area contributed by atoms with E-state index in [2.05, 4.69) is 156 Å². The van der Waals surface area contributed by atoms with Crippen molar-refractivity contribution in [2.45, 2.75) is 0 Å². The summed E-state index contributed by atoms with van der Waals surface area (Å²) in [5.74, 6) is 1.63. The predicted octanol–water partition coefficient (Wildman–Crippen LogP) is 10.7. The minimum atomic E-state index is 0.816. The van der Waals surface area contributed by atoms with Gasteiger partial charge >= 0.3 is 0 Å². The quantitative estimate of drug-likeness (QED) is 0.190. The molecular formula is C40H24N6S2. The van der Waals surface area contributed by atoms with Crippen LogP contribution in [0.15, 0.2) is 144 Å². The summed E-state index contributed by atoms with van der Waals surface area (Å²) in [6.07, 6.45) is 1.71. The van der Waals surface area contributed by atoms with E-state index in [1.54, 1.807) is 29.0 Å². The van der Waals surface area contributed by atoms with Crippen LogP contribution in [0.2, 0.25) is 0 Å². The first kappa shape index (κ1) is 26.1. The van der Waals surface area contributed by atoms with Gasteiger partial charge < -0.3 is 0 Å². The topological polar surface area (TPSA) is 45.5 Å². The molecule has 11 rings (SSSR count). The Bertz CT molecular complexity index is 2810. The first-order valence-corrected chi connectivity index (χ1v) is 17.6. The van der Waals surface area contributed by atoms with Crippen LogP contribution in [-0.2, 0) is 0 Å². The lowest BCUT2D eigenvalue weighted by atomic mass is 10.1. The highest BCUT2D eigenvalue weighted by atomic mass is 32.1. The van der Waals surface area contributed by atoms with E-state index in [1.807, 2.05) is 0 Å². The number of benzene rings is 4. The van der Waals surface area contributed by atoms with E-state index in [0.717, 1.165) is 44.0 Å². The second kappa shape index (κ2) is 9.78. The number of rotatable bonds is 4. The molecule has 0 bridgehead atoms. The maximum absolute atomic E-state index is 4.98. The highest BCUT2D eigenvalue weighted by Gasteiger charge is 2.25. The molecule has 0 saturated heterocycles. The fourth-order valence-corrected chi connectivity index (χ4v) is 9.17. The molecule has 0 aliphatic carbocycles. The summed E-state index contributed by atoms with van der Waals surface area (Å²) < 4.78 is 9.39. The predicted molar refractivity (Wildman–Crippen MR) is 200 cm³/mol. The van der Waals surface area contributed by atoms with Crippen molar-refractivity contribution < 1.29 is 0 Å². The van der Waals surface area contributed by atoms with Gasteiger partial charge in [0.05, 0.1) is 22.1 Å². The van der Waals surface area contributed by atoms with Crippen LogP contribution < -0.4 is 0 Å². The summed E-state index contributed by atoms with van der Waals surface area (Å²) >= 11 is 3.48. The molecule has 6 nitrogen and oxygen atoms in total. The number of nitrogens with zero attached hydrogens (tertiary/aromatic N) is 6. The summed E-state index contributed by atoms with van der Waals surface area (Å²) in [4.78, 5) is 9.97. The Kier molecular flexibility index (Phi) is 5.32. The molecule has 7 aromatic heterocycles. The molecule has 226 valence electrons. The van der Waals surface area contributed by atoms with Crippen molar-refractivity contribution in [1.29, 1.82) is 0 Å². The van der Waals surface area contributed by atoms with Gasteiger partial charge in [-0.25, -0.2) is 9.97 Å². The molecule has 0 unspecified atom stereocenters.